The Hall–Kier alpha value is -1.34. The molecule has 0 unspecified atom stereocenters. The number of imide groups is 1. The monoisotopic (exact) mass is 331 g/mol. The molecule has 2 atom stereocenters. The fourth-order valence-corrected chi connectivity index (χ4v) is 3.68. The number of carbonyl (C=O) groups excluding carboxylic acids is 2. The summed E-state index contributed by atoms with van der Waals surface area (Å²) in [7, 11) is 0. The maximum atomic E-state index is 11.8. The first-order valence-electron chi connectivity index (χ1n) is 7.56. The number of likely N-dealkylation sites (tertiary alicyclic amines) is 1. The smallest absolute Gasteiger partial charge is 0.321 e. The van der Waals surface area contributed by atoms with Crippen molar-refractivity contribution in [1.82, 2.24) is 15.5 Å². The van der Waals surface area contributed by atoms with Crippen molar-refractivity contribution in [1.29, 1.82) is 0 Å². The third-order valence-electron chi connectivity index (χ3n) is 4.90. The third-order valence-corrected chi connectivity index (χ3v) is 4.90. The molecule has 3 fully saturated rings. The molecule has 3 N–H and O–H groups in total. The predicted octanol–water partition coefficient (Wildman–Crippen LogP) is 0.583. The van der Waals surface area contributed by atoms with Gasteiger partial charge in [-0.15, -0.1) is 12.4 Å². The molecule has 3 aliphatic rings. The fourth-order valence-electron chi connectivity index (χ4n) is 3.68. The topological polar surface area (TPSA) is 98.7 Å². The molecule has 8 heteroatoms. The lowest BCUT2D eigenvalue weighted by molar-refractivity contribution is -0.149. The predicted molar refractivity (Wildman–Crippen MR) is 80.8 cm³/mol. The van der Waals surface area contributed by atoms with E-state index in [9.17, 15) is 19.5 Å². The number of nitrogens with zero attached hydrogens (tertiary/aromatic N) is 1. The first-order chi connectivity index (χ1) is 9.99. The first-order valence-corrected chi connectivity index (χ1v) is 7.56. The van der Waals surface area contributed by atoms with E-state index in [1.807, 2.05) is 4.90 Å². The summed E-state index contributed by atoms with van der Waals surface area (Å²) in [5.74, 6) is -0.990. The molecule has 1 heterocycles. The van der Waals surface area contributed by atoms with Gasteiger partial charge in [0.05, 0.1) is 12.0 Å². The Morgan fingerprint density at radius 2 is 1.95 bits per heavy atom. The van der Waals surface area contributed by atoms with Crippen LogP contribution < -0.4 is 10.6 Å². The summed E-state index contributed by atoms with van der Waals surface area (Å²) in [6.45, 7) is 1.12. The number of fused-ring (bicyclic) bond motifs is 1. The van der Waals surface area contributed by atoms with Crippen LogP contribution in [0.15, 0.2) is 0 Å². The summed E-state index contributed by atoms with van der Waals surface area (Å²) in [6.07, 6.45) is 4.48. The molecule has 1 saturated heterocycles. The number of amides is 3. The SMILES string of the molecule is Cl.O=C(CN1C[C@@H]2CCC[C@@]2(C(=O)O)C1)NC(=O)NC1CC1. The average Bonchev–Trinajstić information content (AvgIpc) is 2.97. The molecule has 0 aromatic heterocycles. The number of nitrogens with one attached hydrogen (secondary N) is 2. The van der Waals surface area contributed by atoms with Crippen molar-refractivity contribution in [3.05, 3.63) is 0 Å². The van der Waals surface area contributed by atoms with Gasteiger partial charge in [-0.25, -0.2) is 4.79 Å². The number of carboxylic acids is 1. The molecule has 7 nitrogen and oxygen atoms in total. The van der Waals surface area contributed by atoms with Crippen LogP contribution in [-0.2, 0) is 9.59 Å². The van der Waals surface area contributed by atoms with Gasteiger partial charge in [0.1, 0.15) is 0 Å². The maximum Gasteiger partial charge on any atom is 0.321 e. The van der Waals surface area contributed by atoms with Gasteiger partial charge in [0, 0.05) is 19.1 Å². The molecule has 0 bridgehead atoms. The number of urea groups is 1. The lowest BCUT2D eigenvalue weighted by Gasteiger charge is -2.23. The zero-order valence-corrected chi connectivity index (χ0v) is 13.2. The minimum Gasteiger partial charge on any atom is -0.481 e. The number of aliphatic carboxylic acids is 1. The third kappa shape index (κ3) is 3.35. The van der Waals surface area contributed by atoms with Crippen molar-refractivity contribution in [3.8, 4) is 0 Å². The fraction of sp³-hybridized carbons (Fsp3) is 0.786. The molecule has 0 aromatic rings. The van der Waals surface area contributed by atoms with Crippen LogP contribution in [0.25, 0.3) is 0 Å². The van der Waals surface area contributed by atoms with Gasteiger partial charge >= 0.3 is 12.0 Å². The molecule has 3 amide bonds. The van der Waals surface area contributed by atoms with Crippen molar-refractivity contribution in [3.63, 3.8) is 0 Å². The maximum absolute atomic E-state index is 11.8. The number of carboxylic acid groups (broad SMARTS) is 1. The van der Waals surface area contributed by atoms with Gasteiger partial charge in [-0.3, -0.25) is 19.8 Å². The highest BCUT2D eigenvalue weighted by Crippen LogP contribution is 2.48. The number of hydrogen-bond donors (Lipinski definition) is 3. The normalized spacial score (nSPS) is 30.3. The summed E-state index contributed by atoms with van der Waals surface area (Å²) < 4.78 is 0. The van der Waals surface area contributed by atoms with Crippen molar-refractivity contribution in [2.24, 2.45) is 11.3 Å². The minimum atomic E-state index is -0.751. The molecule has 0 radical (unpaired) electrons. The molecule has 0 aromatic carbocycles. The summed E-state index contributed by atoms with van der Waals surface area (Å²) in [6, 6.07) is -0.242. The molecular formula is C14H22ClN3O4. The molecule has 0 spiro atoms. The van der Waals surface area contributed by atoms with Crippen molar-refractivity contribution < 1.29 is 19.5 Å². The largest absolute Gasteiger partial charge is 0.481 e. The Balaban J connectivity index is 0.00000176. The summed E-state index contributed by atoms with van der Waals surface area (Å²) in [5.41, 5.74) is -0.684. The van der Waals surface area contributed by atoms with Crippen molar-refractivity contribution >= 4 is 30.3 Å². The van der Waals surface area contributed by atoms with Crippen LogP contribution >= 0.6 is 12.4 Å². The molecule has 22 heavy (non-hydrogen) atoms. The number of halogens is 1. The van der Waals surface area contributed by atoms with Crippen LogP contribution in [-0.4, -0.2) is 53.6 Å². The number of hydrogen-bond acceptors (Lipinski definition) is 4. The van der Waals surface area contributed by atoms with Crippen LogP contribution in [0.2, 0.25) is 0 Å². The van der Waals surface area contributed by atoms with E-state index in [4.69, 9.17) is 0 Å². The standard InChI is InChI=1S/C14H21N3O4.ClH/c18-11(16-13(21)15-10-3-4-10)7-17-6-9-2-1-5-14(9,8-17)12(19)20;/h9-10H,1-8H2,(H,19,20)(H2,15,16,18,21);1H/t9-,14+;/m0./s1. The quantitative estimate of drug-likeness (QED) is 0.700. The van der Waals surface area contributed by atoms with Crippen LogP contribution in [0.1, 0.15) is 32.1 Å². The van der Waals surface area contributed by atoms with Gasteiger partial charge in [0.2, 0.25) is 5.91 Å². The van der Waals surface area contributed by atoms with Gasteiger partial charge in [0.25, 0.3) is 0 Å². The van der Waals surface area contributed by atoms with E-state index >= 15 is 0 Å². The summed E-state index contributed by atoms with van der Waals surface area (Å²) in [4.78, 5) is 36.7. The molecule has 3 rings (SSSR count). The second-order valence-electron chi connectivity index (χ2n) is 6.52. The lowest BCUT2D eigenvalue weighted by atomic mass is 9.81. The van der Waals surface area contributed by atoms with E-state index in [-0.39, 0.29) is 36.8 Å². The average molecular weight is 332 g/mol. The molecule has 124 valence electrons. The Morgan fingerprint density at radius 3 is 2.55 bits per heavy atom. The summed E-state index contributed by atoms with van der Waals surface area (Å²) >= 11 is 0. The summed E-state index contributed by atoms with van der Waals surface area (Å²) in [5, 5.41) is 14.5. The highest BCUT2D eigenvalue weighted by Gasteiger charge is 2.54. The van der Waals surface area contributed by atoms with E-state index in [1.165, 1.54) is 0 Å². The van der Waals surface area contributed by atoms with Crippen LogP contribution in [0.5, 0.6) is 0 Å². The number of carbonyl (C=O) groups is 3. The molecule has 2 saturated carbocycles. The van der Waals surface area contributed by atoms with Gasteiger partial charge < -0.3 is 10.4 Å². The van der Waals surface area contributed by atoms with E-state index in [2.05, 4.69) is 10.6 Å². The Bertz CT molecular complexity index is 483. The molecule has 1 aliphatic heterocycles. The highest BCUT2D eigenvalue weighted by molar-refractivity contribution is 5.95. The van der Waals surface area contributed by atoms with E-state index in [0.29, 0.717) is 19.5 Å². The second kappa shape index (κ2) is 6.42. The Kier molecular flexibility index (Phi) is 4.97. The van der Waals surface area contributed by atoms with E-state index in [0.717, 1.165) is 25.7 Å². The van der Waals surface area contributed by atoms with Gasteiger partial charge in [-0.1, -0.05) is 6.42 Å². The Morgan fingerprint density at radius 1 is 1.23 bits per heavy atom. The molecule has 2 aliphatic carbocycles. The second-order valence-corrected chi connectivity index (χ2v) is 6.52. The molecular weight excluding hydrogens is 310 g/mol. The van der Waals surface area contributed by atoms with Crippen molar-refractivity contribution in [2.75, 3.05) is 19.6 Å². The van der Waals surface area contributed by atoms with Gasteiger partial charge in [-0.05, 0) is 31.6 Å². The highest BCUT2D eigenvalue weighted by atomic mass is 35.5. The van der Waals surface area contributed by atoms with Crippen LogP contribution in [0.3, 0.4) is 0 Å². The van der Waals surface area contributed by atoms with E-state index in [1.54, 1.807) is 0 Å². The van der Waals surface area contributed by atoms with Crippen LogP contribution in [0.4, 0.5) is 4.79 Å². The lowest BCUT2D eigenvalue weighted by Crippen LogP contribution is -2.45. The van der Waals surface area contributed by atoms with Gasteiger partial charge in [0.15, 0.2) is 0 Å². The van der Waals surface area contributed by atoms with Crippen molar-refractivity contribution in [2.45, 2.75) is 38.1 Å². The first kappa shape index (κ1) is 17.0. The number of rotatable bonds is 4. The Labute approximate surface area is 135 Å². The van der Waals surface area contributed by atoms with Crippen LogP contribution in [0, 0.1) is 11.3 Å². The minimum absolute atomic E-state index is 0. The van der Waals surface area contributed by atoms with E-state index < -0.39 is 17.4 Å². The zero-order valence-electron chi connectivity index (χ0n) is 12.3. The van der Waals surface area contributed by atoms with Gasteiger partial charge in [-0.2, -0.15) is 0 Å². The zero-order chi connectivity index (χ0) is 15.0.